The molecule has 1 heterocycles. The zero-order valence-electron chi connectivity index (χ0n) is 13.2. The maximum absolute atomic E-state index is 10.7. The summed E-state index contributed by atoms with van der Waals surface area (Å²) in [5, 5.41) is 12.8. The van der Waals surface area contributed by atoms with E-state index in [0.29, 0.717) is 24.8 Å². The highest BCUT2D eigenvalue weighted by Crippen LogP contribution is 2.21. The van der Waals surface area contributed by atoms with Gasteiger partial charge in [-0.1, -0.05) is 25.9 Å². The number of aromatic nitrogens is 2. The first-order valence-electron chi connectivity index (χ1n) is 6.80. The van der Waals surface area contributed by atoms with Crippen LogP contribution in [0.4, 0.5) is 0 Å². The zero-order valence-corrected chi connectivity index (χ0v) is 13.2. The van der Waals surface area contributed by atoms with Gasteiger partial charge in [0, 0.05) is 17.5 Å². The summed E-state index contributed by atoms with van der Waals surface area (Å²) in [5.41, 5.74) is -0.318. The molecule has 0 saturated carbocycles. The van der Waals surface area contributed by atoms with Crippen LogP contribution in [0.2, 0.25) is 0 Å². The summed E-state index contributed by atoms with van der Waals surface area (Å²) in [6, 6.07) is 0. The zero-order chi connectivity index (χ0) is 15.6. The molecule has 0 bridgehead atoms. The Morgan fingerprint density at radius 2 is 1.85 bits per heavy atom. The fraction of sp³-hybridized carbons (Fsp3) is 0.786. The molecule has 1 aromatic rings. The van der Waals surface area contributed by atoms with E-state index in [0.717, 1.165) is 0 Å². The van der Waals surface area contributed by atoms with Gasteiger partial charge in [-0.2, -0.15) is 4.98 Å². The van der Waals surface area contributed by atoms with Crippen LogP contribution in [-0.4, -0.2) is 38.2 Å². The van der Waals surface area contributed by atoms with E-state index in [9.17, 15) is 4.79 Å². The molecule has 0 atom stereocenters. The van der Waals surface area contributed by atoms with Crippen molar-refractivity contribution in [2.75, 3.05) is 6.54 Å². The summed E-state index contributed by atoms with van der Waals surface area (Å²) < 4.78 is 5.27. The average Bonchev–Trinajstić information content (AvgIpc) is 2.70. The summed E-state index contributed by atoms with van der Waals surface area (Å²) in [5.74, 6) is 0.384. The second kappa shape index (κ2) is 5.91. The summed E-state index contributed by atoms with van der Waals surface area (Å²) >= 11 is 0. The minimum Gasteiger partial charge on any atom is -0.481 e. The van der Waals surface area contributed by atoms with Gasteiger partial charge in [-0.3, -0.25) is 9.69 Å². The number of hydrogen-bond donors (Lipinski definition) is 1. The highest BCUT2D eigenvalue weighted by molar-refractivity contribution is 5.66. The quantitative estimate of drug-likeness (QED) is 0.894. The summed E-state index contributed by atoms with van der Waals surface area (Å²) in [6.07, 6.45) is 0.0948. The van der Waals surface area contributed by atoms with Crippen LogP contribution in [0.3, 0.4) is 0 Å². The molecule has 0 spiro atoms. The molecule has 0 aromatic carbocycles. The van der Waals surface area contributed by atoms with Gasteiger partial charge in [-0.15, -0.1) is 0 Å². The predicted molar refractivity (Wildman–Crippen MR) is 75.4 cm³/mol. The Balaban J connectivity index is 2.79. The Bertz CT molecular complexity index is 455. The van der Waals surface area contributed by atoms with Crippen molar-refractivity contribution in [2.45, 2.75) is 65.5 Å². The molecule has 0 unspecified atom stereocenters. The highest BCUT2D eigenvalue weighted by Gasteiger charge is 2.26. The van der Waals surface area contributed by atoms with Crippen LogP contribution < -0.4 is 0 Å². The van der Waals surface area contributed by atoms with Crippen molar-refractivity contribution in [1.29, 1.82) is 0 Å². The normalized spacial score (nSPS) is 12.9. The van der Waals surface area contributed by atoms with Crippen molar-refractivity contribution < 1.29 is 14.4 Å². The standard InChI is InChI=1S/C14H25N3O3/c1-13(2,3)12-15-10(20-16-12)9-17(14(4,5)6)8-7-11(18)19/h7-9H2,1-6H3,(H,18,19). The van der Waals surface area contributed by atoms with E-state index in [4.69, 9.17) is 9.63 Å². The van der Waals surface area contributed by atoms with Crippen molar-refractivity contribution in [1.82, 2.24) is 15.0 Å². The van der Waals surface area contributed by atoms with Gasteiger partial charge in [0.05, 0.1) is 13.0 Å². The number of aliphatic carboxylic acids is 1. The lowest BCUT2D eigenvalue weighted by atomic mass is 9.96. The number of hydrogen-bond acceptors (Lipinski definition) is 5. The van der Waals surface area contributed by atoms with Crippen LogP contribution in [0.5, 0.6) is 0 Å². The van der Waals surface area contributed by atoms with Gasteiger partial charge < -0.3 is 9.63 Å². The summed E-state index contributed by atoms with van der Waals surface area (Å²) in [6.45, 7) is 13.1. The molecule has 114 valence electrons. The van der Waals surface area contributed by atoms with E-state index in [-0.39, 0.29) is 17.4 Å². The minimum absolute atomic E-state index is 0.0948. The van der Waals surface area contributed by atoms with E-state index in [1.807, 2.05) is 46.4 Å². The van der Waals surface area contributed by atoms with Crippen LogP contribution in [0.15, 0.2) is 4.52 Å². The van der Waals surface area contributed by atoms with Crippen LogP contribution in [0.1, 0.15) is 59.7 Å². The SMILES string of the molecule is CC(C)(C)c1noc(CN(CCC(=O)O)C(C)(C)C)n1. The Hall–Kier alpha value is -1.43. The Kier molecular flexibility index (Phi) is 4.91. The molecule has 0 aliphatic carbocycles. The molecular formula is C14H25N3O3. The molecule has 0 fully saturated rings. The number of nitrogens with zero attached hydrogens (tertiary/aromatic N) is 3. The van der Waals surface area contributed by atoms with E-state index in [1.165, 1.54) is 0 Å². The number of carbonyl (C=O) groups is 1. The van der Waals surface area contributed by atoms with Crippen molar-refractivity contribution >= 4 is 5.97 Å². The summed E-state index contributed by atoms with van der Waals surface area (Å²) in [7, 11) is 0. The lowest BCUT2D eigenvalue weighted by Crippen LogP contribution is -2.42. The Morgan fingerprint density at radius 3 is 2.25 bits per heavy atom. The molecule has 6 heteroatoms. The first kappa shape index (κ1) is 16.6. The molecule has 0 aliphatic rings. The van der Waals surface area contributed by atoms with Crippen LogP contribution >= 0.6 is 0 Å². The van der Waals surface area contributed by atoms with Crippen molar-refractivity contribution in [3.05, 3.63) is 11.7 Å². The Labute approximate surface area is 120 Å². The lowest BCUT2D eigenvalue weighted by Gasteiger charge is -2.34. The molecule has 0 radical (unpaired) electrons. The topological polar surface area (TPSA) is 79.5 Å². The predicted octanol–water partition coefficient (Wildman–Crippen LogP) is 2.44. The molecule has 0 amide bonds. The van der Waals surface area contributed by atoms with Crippen LogP contribution in [0, 0.1) is 0 Å². The monoisotopic (exact) mass is 283 g/mol. The number of carboxylic acid groups (broad SMARTS) is 1. The van der Waals surface area contributed by atoms with E-state index >= 15 is 0 Å². The van der Waals surface area contributed by atoms with Gasteiger partial charge in [-0.05, 0) is 20.8 Å². The molecule has 0 saturated heterocycles. The highest BCUT2D eigenvalue weighted by atomic mass is 16.5. The van der Waals surface area contributed by atoms with Crippen molar-refractivity contribution in [3.63, 3.8) is 0 Å². The van der Waals surface area contributed by atoms with Crippen molar-refractivity contribution in [3.8, 4) is 0 Å². The molecular weight excluding hydrogens is 258 g/mol. The molecule has 1 N–H and O–H groups in total. The van der Waals surface area contributed by atoms with E-state index in [2.05, 4.69) is 10.1 Å². The third-order valence-corrected chi connectivity index (χ3v) is 3.01. The minimum atomic E-state index is -0.805. The second-order valence-corrected chi connectivity index (χ2v) is 7.00. The maximum atomic E-state index is 10.7. The lowest BCUT2D eigenvalue weighted by molar-refractivity contribution is -0.137. The first-order valence-corrected chi connectivity index (χ1v) is 6.80. The van der Waals surface area contributed by atoms with Gasteiger partial charge in [0.1, 0.15) is 0 Å². The maximum Gasteiger partial charge on any atom is 0.304 e. The van der Waals surface area contributed by atoms with Gasteiger partial charge in [0.25, 0.3) is 0 Å². The molecule has 6 nitrogen and oxygen atoms in total. The van der Waals surface area contributed by atoms with Gasteiger partial charge in [0.2, 0.25) is 5.89 Å². The van der Waals surface area contributed by atoms with Crippen LogP contribution in [0.25, 0.3) is 0 Å². The average molecular weight is 283 g/mol. The molecule has 1 rings (SSSR count). The van der Waals surface area contributed by atoms with Crippen molar-refractivity contribution in [2.24, 2.45) is 0 Å². The second-order valence-electron chi connectivity index (χ2n) is 7.00. The van der Waals surface area contributed by atoms with Gasteiger partial charge >= 0.3 is 5.97 Å². The van der Waals surface area contributed by atoms with E-state index in [1.54, 1.807) is 0 Å². The third kappa shape index (κ3) is 4.92. The van der Waals surface area contributed by atoms with E-state index < -0.39 is 5.97 Å². The fourth-order valence-corrected chi connectivity index (χ4v) is 1.67. The van der Waals surface area contributed by atoms with Gasteiger partial charge in [0.15, 0.2) is 5.82 Å². The first-order chi connectivity index (χ1) is 9.00. The Morgan fingerprint density at radius 1 is 1.25 bits per heavy atom. The number of carboxylic acids is 1. The number of rotatable bonds is 5. The summed E-state index contributed by atoms with van der Waals surface area (Å²) in [4.78, 5) is 17.2. The van der Waals surface area contributed by atoms with Gasteiger partial charge in [-0.25, -0.2) is 0 Å². The third-order valence-electron chi connectivity index (χ3n) is 3.01. The smallest absolute Gasteiger partial charge is 0.304 e. The molecule has 1 aromatic heterocycles. The fourth-order valence-electron chi connectivity index (χ4n) is 1.67. The largest absolute Gasteiger partial charge is 0.481 e. The van der Waals surface area contributed by atoms with Crippen LogP contribution in [-0.2, 0) is 16.8 Å². The molecule has 0 aliphatic heterocycles. The molecule has 20 heavy (non-hydrogen) atoms.